The average molecular weight is 333 g/mol. The summed E-state index contributed by atoms with van der Waals surface area (Å²) in [4.78, 5) is 36.0. The lowest BCUT2D eigenvalue weighted by Crippen LogP contribution is -2.51. The minimum atomic E-state index is -0.774. The molecule has 0 radical (unpaired) electrons. The summed E-state index contributed by atoms with van der Waals surface area (Å²) >= 11 is 0. The molecule has 6 nitrogen and oxygen atoms in total. The first kappa shape index (κ1) is 15.9. The summed E-state index contributed by atoms with van der Waals surface area (Å²) < 4.78 is 0. The van der Waals surface area contributed by atoms with E-state index in [1.807, 2.05) is 0 Å². The van der Waals surface area contributed by atoms with E-state index in [9.17, 15) is 14.4 Å². The van der Waals surface area contributed by atoms with E-state index in [2.05, 4.69) is 22.9 Å². The fourth-order valence-electron chi connectivity index (χ4n) is 5.61. The third-order valence-corrected chi connectivity index (χ3v) is 7.03. The summed E-state index contributed by atoms with van der Waals surface area (Å²) in [6, 6.07) is -0.161. The monoisotopic (exact) mass is 333 g/mol. The molecule has 2 bridgehead atoms. The largest absolute Gasteiger partial charge is 0.353 e. The molecule has 4 amide bonds. The smallest absolute Gasteiger partial charge is 0.322 e. The lowest BCUT2D eigenvalue weighted by atomic mass is 9.76. The summed E-state index contributed by atoms with van der Waals surface area (Å²) in [5, 5.41) is 8.32. The highest BCUT2D eigenvalue weighted by molar-refractivity contribution is 6.07. The van der Waals surface area contributed by atoms with Gasteiger partial charge in [0.25, 0.3) is 5.91 Å². The summed E-state index contributed by atoms with van der Waals surface area (Å²) in [6.45, 7) is 2.15. The van der Waals surface area contributed by atoms with Gasteiger partial charge in [0.2, 0.25) is 5.91 Å². The second kappa shape index (κ2) is 5.74. The number of nitrogens with one attached hydrogen (secondary N) is 3. The topological polar surface area (TPSA) is 87.3 Å². The van der Waals surface area contributed by atoms with E-state index in [4.69, 9.17) is 0 Å². The summed E-state index contributed by atoms with van der Waals surface area (Å²) in [5.74, 6) is 2.19. The van der Waals surface area contributed by atoms with Crippen molar-refractivity contribution in [3.05, 3.63) is 0 Å². The molecule has 6 heteroatoms. The SMILES string of the molecule is C[C@@H](NC(=O)C1CCC2(CC1)NC(=O)NC2=O)[C@H]1C[C@H]2CC[C@H]1C2. The van der Waals surface area contributed by atoms with Gasteiger partial charge in [-0.15, -0.1) is 0 Å². The molecular weight excluding hydrogens is 306 g/mol. The maximum absolute atomic E-state index is 12.6. The molecule has 4 rings (SSSR count). The van der Waals surface area contributed by atoms with E-state index in [0.717, 1.165) is 11.8 Å². The first-order chi connectivity index (χ1) is 11.5. The molecule has 4 fully saturated rings. The van der Waals surface area contributed by atoms with Crippen LogP contribution in [0.2, 0.25) is 0 Å². The minimum absolute atomic E-state index is 0.0398. The molecule has 3 aliphatic carbocycles. The minimum Gasteiger partial charge on any atom is -0.353 e. The van der Waals surface area contributed by atoms with Crippen LogP contribution in [0.1, 0.15) is 58.3 Å². The molecule has 3 N–H and O–H groups in total. The van der Waals surface area contributed by atoms with E-state index in [0.29, 0.717) is 31.6 Å². The van der Waals surface area contributed by atoms with Crippen LogP contribution >= 0.6 is 0 Å². The Bertz CT molecular complexity index is 568. The van der Waals surface area contributed by atoms with Crippen LogP contribution in [0.4, 0.5) is 4.79 Å². The number of hydrogen-bond donors (Lipinski definition) is 3. The summed E-state index contributed by atoms with van der Waals surface area (Å²) in [7, 11) is 0. The third kappa shape index (κ3) is 2.60. The Balaban J connectivity index is 1.30. The van der Waals surface area contributed by atoms with Gasteiger partial charge in [0, 0.05) is 12.0 Å². The van der Waals surface area contributed by atoms with Crippen LogP contribution in [0.5, 0.6) is 0 Å². The van der Waals surface area contributed by atoms with Gasteiger partial charge in [-0.05, 0) is 69.6 Å². The fourth-order valence-corrected chi connectivity index (χ4v) is 5.61. The van der Waals surface area contributed by atoms with Crippen molar-refractivity contribution in [2.24, 2.45) is 23.7 Å². The van der Waals surface area contributed by atoms with Gasteiger partial charge in [-0.3, -0.25) is 14.9 Å². The van der Waals surface area contributed by atoms with Crippen molar-refractivity contribution in [1.82, 2.24) is 16.0 Å². The van der Waals surface area contributed by atoms with Gasteiger partial charge in [0.05, 0.1) is 0 Å². The third-order valence-electron chi connectivity index (χ3n) is 7.03. The Kier molecular flexibility index (Phi) is 3.81. The highest BCUT2D eigenvalue weighted by Crippen LogP contribution is 2.49. The van der Waals surface area contributed by atoms with E-state index in [1.165, 1.54) is 25.7 Å². The quantitative estimate of drug-likeness (QED) is 0.687. The zero-order valence-corrected chi connectivity index (χ0v) is 14.3. The molecule has 4 atom stereocenters. The van der Waals surface area contributed by atoms with Crippen molar-refractivity contribution < 1.29 is 14.4 Å². The van der Waals surface area contributed by atoms with Crippen LogP contribution in [0.25, 0.3) is 0 Å². The maximum atomic E-state index is 12.6. The van der Waals surface area contributed by atoms with Crippen LogP contribution in [-0.2, 0) is 9.59 Å². The molecule has 0 aromatic carbocycles. The number of carbonyl (C=O) groups excluding carboxylic acids is 3. The second-order valence-corrected chi connectivity index (χ2v) is 8.40. The van der Waals surface area contributed by atoms with Crippen molar-refractivity contribution in [3.63, 3.8) is 0 Å². The Morgan fingerprint density at radius 1 is 1.17 bits per heavy atom. The van der Waals surface area contributed by atoms with Crippen LogP contribution in [0, 0.1) is 23.7 Å². The Labute approximate surface area is 142 Å². The number of rotatable bonds is 3. The summed E-state index contributed by atoms with van der Waals surface area (Å²) in [5.41, 5.74) is -0.774. The molecule has 0 unspecified atom stereocenters. The zero-order chi connectivity index (χ0) is 16.9. The van der Waals surface area contributed by atoms with E-state index < -0.39 is 11.6 Å². The van der Waals surface area contributed by atoms with Crippen LogP contribution in [0.15, 0.2) is 0 Å². The van der Waals surface area contributed by atoms with Crippen molar-refractivity contribution in [2.75, 3.05) is 0 Å². The van der Waals surface area contributed by atoms with Gasteiger partial charge in [-0.2, -0.15) is 0 Å². The predicted molar refractivity (Wildman–Crippen MR) is 87.9 cm³/mol. The first-order valence-electron chi connectivity index (χ1n) is 9.41. The van der Waals surface area contributed by atoms with Crippen molar-refractivity contribution in [3.8, 4) is 0 Å². The second-order valence-electron chi connectivity index (χ2n) is 8.40. The zero-order valence-electron chi connectivity index (χ0n) is 14.3. The number of imide groups is 1. The van der Waals surface area contributed by atoms with E-state index >= 15 is 0 Å². The van der Waals surface area contributed by atoms with Crippen molar-refractivity contribution in [1.29, 1.82) is 0 Å². The molecule has 1 heterocycles. The Morgan fingerprint density at radius 2 is 1.92 bits per heavy atom. The molecule has 1 saturated heterocycles. The van der Waals surface area contributed by atoms with Gasteiger partial charge in [-0.1, -0.05) is 6.42 Å². The molecule has 24 heavy (non-hydrogen) atoms. The highest BCUT2D eigenvalue weighted by Gasteiger charge is 2.49. The summed E-state index contributed by atoms with van der Waals surface area (Å²) in [6.07, 6.45) is 7.73. The van der Waals surface area contributed by atoms with Crippen molar-refractivity contribution in [2.45, 2.75) is 69.9 Å². The molecule has 1 aliphatic heterocycles. The van der Waals surface area contributed by atoms with E-state index in [1.54, 1.807) is 0 Å². The van der Waals surface area contributed by atoms with E-state index in [-0.39, 0.29) is 23.8 Å². The van der Waals surface area contributed by atoms with Gasteiger partial charge in [0.15, 0.2) is 0 Å². The predicted octanol–water partition coefficient (Wildman–Crippen LogP) is 1.70. The Hall–Kier alpha value is -1.59. The number of urea groups is 1. The standard InChI is InChI=1S/C18H27N3O3/c1-10(14-9-11-2-3-13(14)8-11)19-15(22)12-4-6-18(7-5-12)16(23)20-17(24)21-18/h10-14H,2-9H2,1H3,(H,19,22)(H2,20,21,23,24)/t10-,11+,12?,13+,14-,18?/m1/s1. The Morgan fingerprint density at radius 3 is 2.46 bits per heavy atom. The molecule has 0 aromatic heterocycles. The van der Waals surface area contributed by atoms with Gasteiger partial charge < -0.3 is 10.6 Å². The fraction of sp³-hybridized carbons (Fsp3) is 0.833. The van der Waals surface area contributed by atoms with Crippen LogP contribution in [-0.4, -0.2) is 29.4 Å². The molecule has 4 aliphatic rings. The molecule has 132 valence electrons. The normalized spacial score (nSPS) is 42.0. The van der Waals surface area contributed by atoms with Crippen LogP contribution in [0.3, 0.4) is 0 Å². The van der Waals surface area contributed by atoms with Gasteiger partial charge in [-0.25, -0.2) is 4.79 Å². The molecule has 1 spiro atoms. The molecule has 0 aromatic rings. The van der Waals surface area contributed by atoms with Crippen molar-refractivity contribution >= 4 is 17.8 Å². The van der Waals surface area contributed by atoms with Gasteiger partial charge in [0.1, 0.15) is 5.54 Å². The maximum Gasteiger partial charge on any atom is 0.322 e. The molecule has 3 saturated carbocycles. The van der Waals surface area contributed by atoms with Gasteiger partial charge >= 0.3 is 6.03 Å². The van der Waals surface area contributed by atoms with Crippen LogP contribution < -0.4 is 16.0 Å². The average Bonchev–Trinajstić information content (AvgIpc) is 3.23. The lowest BCUT2D eigenvalue weighted by Gasteiger charge is -2.35. The lowest BCUT2D eigenvalue weighted by molar-refractivity contribution is -0.131. The number of carbonyl (C=O) groups is 3. The number of amides is 4. The number of fused-ring (bicyclic) bond motifs is 2. The number of hydrogen-bond acceptors (Lipinski definition) is 3. The highest BCUT2D eigenvalue weighted by atomic mass is 16.2. The first-order valence-corrected chi connectivity index (χ1v) is 9.41. The molecular formula is C18H27N3O3.